The van der Waals surface area contributed by atoms with Gasteiger partial charge in [-0.05, 0) is 48.5 Å². The third kappa shape index (κ3) is 3.06. The molecule has 108 valence electrons. The molecular weight excluding hydrogens is 264 g/mol. The van der Waals surface area contributed by atoms with Crippen molar-refractivity contribution in [1.29, 1.82) is 0 Å². The molecule has 1 aliphatic heterocycles. The number of benzene rings is 2. The summed E-state index contributed by atoms with van der Waals surface area (Å²) in [7, 11) is 1.90. The smallest absolute Gasteiger partial charge is 0.255 e. The molecule has 21 heavy (non-hydrogen) atoms. The summed E-state index contributed by atoms with van der Waals surface area (Å²) in [6.45, 7) is 1.48. The van der Waals surface area contributed by atoms with Gasteiger partial charge in [0, 0.05) is 24.2 Å². The minimum absolute atomic E-state index is 0.0914. The predicted octanol–water partition coefficient (Wildman–Crippen LogP) is 2.59. The Morgan fingerprint density at radius 3 is 3.00 bits per heavy atom. The van der Waals surface area contributed by atoms with Crippen molar-refractivity contribution in [2.45, 2.75) is 13.0 Å². The Labute approximate surface area is 124 Å². The van der Waals surface area contributed by atoms with E-state index < -0.39 is 0 Å². The summed E-state index contributed by atoms with van der Waals surface area (Å²) < 4.78 is 5.46. The molecule has 0 unspecified atom stereocenters. The maximum absolute atomic E-state index is 12.3. The largest absolute Gasteiger partial charge is 0.493 e. The molecule has 2 aromatic carbocycles. The van der Waals surface area contributed by atoms with Gasteiger partial charge in [0.25, 0.3) is 5.91 Å². The van der Waals surface area contributed by atoms with Crippen molar-refractivity contribution in [2.24, 2.45) is 0 Å². The molecule has 4 nitrogen and oxygen atoms in total. The first-order valence-electron chi connectivity index (χ1n) is 7.07. The van der Waals surface area contributed by atoms with Gasteiger partial charge in [-0.2, -0.15) is 0 Å². The Balaban J connectivity index is 1.75. The van der Waals surface area contributed by atoms with Gasteiger partial charge in [0.05, 0.1) is 6.61 Å². The first-order valence-corrected chi connectivity index (χ1v) is 7.07. The van der Waals surface area contributed by atoms with Gasteiger partial charge in [0.1, 0.15) is 5.75 Å². The summed E-state index contributed by atoms with van der Waals surface area (Å²) in [4.78, 5) is 12.3. The fraction of sp³-hybridized carbons (Fsp3) is 0.235. The number of amides is 1. The molecule has 2 aromatic rings. The number of rotatable bonds is 4. The number of nitrogens with one attached hydrogen (secondary N) is 2. The van der Waals surface area contributed by atoms with Crippen LogP contribution in [0.1, 0.15) is 21.5 Å². The van der Waals surface area contributed by atoms with E-state index in [0.29, 0.717) is 12.2 Å². The highest BCUT2D eigenvalue weighted by atomic mass is 16.5. The minimum atomic E-state index is -0.0914. The van der Waals surface area contributed by atoms with E-state index in [1.807, 2.05) is 43.4 Å². The molecule has 1 amide bonds. The molecule has 0 aromatic heterocycles. The van der Waals surface area contributed by atoms with E-state index >= 15 is 0 Å². The van der Waals surface area contributed by atoms with Crippen molar-refractivity contribution in [2.75, 3.05) is 19.0 Å². The predicted molar refractivity (Wildman–Crippen MR) is 82.8 cm³/mol. The second-order valence-electron chi connectivity index (χ2n) is 5.11. The number of carbonyl (C=O) groups excluding carboxylic acids is 1. The quantitative estimate of drug-likeness (QED) is 0.906. The molecule has 3 rings (SSSR count). The number of carbonyl (C=O) groups is 1. The van der Waals surface area contributed by atoms with Crippen molar-refractivity contribution in [3.8, 4) is 5.75 Å². The first kappa shape index (κ1) is 13.6. The summed E-state index contributed by atoms with van der Waals surface area (Å²) in [5.74, 6) is 0.800. The van der Waals surface area contributed by atoms with Gasteiger partial charge < -0.3 is 15.4 Å². The highest BCUT2D eigenvalue weighted by Gasteiger charge is 2.15. The zero-order valence-electron chi connectivity index (χ0n) is 12.0. The van der Waals surface area contributed by atoms with Crippen LogP contribution in [0.5, 0.6) is 5.75 Å². The summed E-state index contributed by atoms with van der Waals surface area (Å²) in [5.41, 5.74) is 3.71. The zero-order valence-corrected chi connectivity index (χ0v) is 12.0. The molecule has 0 atom stereocenters. The van der Waals surface area contributed by atoms with Crippen molar-refractivity contribution >= 4 is 11.6 Å². The second-order valence-corrected chi connectivity index (χ2v) is 5.11. The van der Waals surface area contributed by atoms with Crippen molar-refractivity contribution in [3.05, 3.63) is 59.2 Å². The average Bonchev–Trinajstić information content (AvgIpc) is 2.95. The molecule has 2 N–H and O–H groups in total. The lowest BCUT2D eigenvalue weighted by molar-refractivity contribution is 0.102. The van der Waals surface area contributed by atoms with Crippen molar-refractivity contribution < 1.29 is 9.53 Å². The van der Waals surface area contributed by atoms with Crippen LogP contribution in [-0.2, 0) is 13.0 Å². The topological polar surface area (TPSA) is 50.4 Å². The molecule has 0 saturated carbocycles. The number of anilines is 1. The lowest BCUT2D eigenvalue weighted by Crippen LogP contribution is -2.12. The number of fused-ring (bicyclic) bond motifs is 1. The highest BCUT2D eigenvalue weighted by Crippen LogP contribution is 2.26. The monoisotopic (exact) mass is 282 g/mol. The molecule has 0 bridgehead atoms. The van der Waals surface area contributed by atoms with Crippen LogP contribution in [0, 0.1) is 0 Å². The van der Waals surface area contributed by atoms with Crippen molar-refractivity contribution in [1.82, 2.24) is 5.32 Å². The van der Waals surface area contributed by atoms with Crippen LogP contribution in [-0.4, -0.2) is 19.6 Å². The van der Waals surface area contributed by atoms with E-state index in [9.17, 15) is 4.79 Å². The summed E-state index contributed by atoms with van der Waals surface area (Å²) in [6, 6.07) is 13.4. The third-order valence-electron chi connectivity index (χ3n) is 3.52. The highest BCUT2D eigenvalue weighted by molar-refractivity contribution is 6.04. The number of ether oxygens (including phenoxy) is 1. The Morgan fingerprint density at radius 1 is 1.24 bits per heavy atom. The normalized spacial score (nSPS) is 12.6. The standard InChI is InChI=1S/C17H18N2O2/c1-18-11-12-3-2-4-15(9-12)19-17(20)14-5-6-16-13(10-14)7-8-21-16/h2-6,9-10,18H,7-8,11H2,1H3,(H,19,20). The van der Waals surface area contributed by atoms with Crippen LogP contribution in [0.3, 0.4) is 0 Å². The molecule has 4 heteroatoms. The number of hydrogen-bond donors (Lipinski definition) is 2. The van der Waals surface area contributed by atoms with Crippen LogP contribution in [0.15, 0.2) is 42.5 Å². The molecular formula is C17H18N2O2. The maximum atomic E-state index is 12.3. The Kier molecular flexibility index (Phi) is 3.88. The first-order chi connectivity index (χ1) is 10.3. The minimum Gasteiger partial charge on any atom is -0.493 e. The Hall–Kier alpha value is -2.33. The summed E-state index contributed by atoms with van der Waals surface area (Å²) in [5, 5.41) is 6.04. The molecule has 0 saturated heterocycles. The van der Waals surface area contributed by atoms with Gasteiger partial charge in [0.15, 0.2) is 0 Å². The van der Waals surface area contributed by atoms with Crippen LogP contribution in [0.25, 0.3) is 0 Å². The van der Waals surface area contributed by atoms with Gasteiger partial charge in [-0.15, -0.1) is 0 Å². The van der Waals surface area contributed by atoms with Gasteiger partial charge in [-0.3, -0.25) is 4.79 Å². The SMILES string of the molecule is CNCc1cccc(NC(=O)c2ccc3c(c2)CCO3)c1. The van der Waals surface area contributed by atoms with Crippen LogP contribution < -0.4 is 15.4 Å². The lowest BCUT2D eigenvalue weighted by atomic mass is 10.1. The van der Waals surface area contributed by atoms with Crippen LogP contribution in [0.4, 0.5) is 5.69 Å². The average molecular weight is 282 g/mol. The van der Waals surface area contributed by atoms with E-state index in [0.717, 1.165) is 35.5 Å². The lowest BCUT2D eigenvalue weighted by Gasteiger charge is -2.08. The second kappa shape index (κ2) is 5.97. The van der Waals surface area contributed by atoms with E-state index in [-0.39, 0.29) is 5.91 Å². The molecule has 1 aliphatic rings. The molecule has 0 radical (unpaired) electrons. The van der Waals surface area contributed by atoms with E-state index in [1.54, 1.807) is 6.07 Å². The molecule has 0 spiro atoms. The van der Waals surface area contributed by atoms with E-state index in [1.165, 1.54) is 0 Å². The molecule has 1 heterocycles. The summed E-state index contributed by atoms with van der Waals surface area (Å²) >= 11 is 0. The van der Waals surface area contributed by atoms with Gasteiger partial charge in [-0.25, -0.2) is 0 Å². The number of hydrogen-bond acceptors (Lipinski definition) is 3. The zero-order chi connectivity index (χ0) is 14.7. The fourth-order valence-electron chi connectivity index (χ4n) is 2.49. The van der Waals surface area contributed by atoms with Gasteiger partial charge in [0.2, 0.25) is 0 Å². The van der Waals surface area contributed by atoms with E-state index in [2.05, 4.69) is 10.6 Å². The van der Waals surface area contributed by atoms with Gasteiger partial charge in [-0.1, -0.05) is 12.1 Å². The van der Waals surface area contributed by atoms with Crippen LogP contribution >= 0.6 is 0 Å². The van der Waals surface area contributed by atoms with E-state index in [4.69, 9.17) is 4.74 Å². The maximum Gasteiger partial charge on any atom is 0.255 e. The Bertz CT molecular complexity index is 668. The van der Waals surface area contributed by atoms with Crippen molar-refractivity contribution in [3.63, 3.8) is 0 Å². The third-order valence-corrected chi connectivity index (χ3v) is 3.52. The Morgan fingerprint density at radius 2 is 2.14 bits per heavy atom. The summed E-state index contributed by atoms with van der Waals surface area (Å²) in [6.07, 6.45) is 0.869. The van der Waals surface area contributed by atoms with Gasteiger partial charge >= 0.3 is 0 Å². The fourth-order valence-corrected chi connectivity index (χ4v) is 2.49. The van der Waals surface area contributed by atoms with Crippen LogP contribution in [0.2, 0.25) is 0 Å². The molecule has 0 aliphatic carbocycles. The molecule has 0 fully saturated rings.